The molecule has 0 fully saturated rings. The van der Waals surface area contributed by atoms with Gasteiger partial charge in [0.25, 0.3) is 0 Å². The van der Waals surface area contributed by atoms with E-state index in [1.165, 1.54) is 25.3 Å². The largest absolute Gasteiger partial charge is 0.496 e. The maximum atomic E-state index is 11.1. The minimum absolute atomic E-state index is 0.0466. The van der Waals surface area contributed by atoms with Crippen molar-refractivity contribution in [2.75, 3.05) is 24.8 Å². The molecule has 0 radical (unpaired) electrons. The molecule has 0 saturated carbocycles. The molecule has 0 bridgehead atoms. The Morgan fingerprint density at radius 1 is 1.46 bits per heavy atom. The number of methoxy groups -OCH3 is 1. The number of carboxylic acids is 1. The summed E-state index contributed by atoms with van der Waals surface area (Å²) in [5, 5.41) is 21.2. The topological polar surface area (TPSA) is 130 Å². The Morgan fingerprint density at radius 2 is 2.21 bits per heavy atom. The van der Waals surface area contributed by atoms with E-state index in [1.807, 2.05) is 6.07 Å². The van der Waals surface area contributed by atoms with Crippen LogP contribution in [0.3, 0.4) is 0 Å². The number of rotatable bonds is 6. The van der Waals surface area contributed by atoms with Crippen LogP contribution in [0, 0.1) is 11.3 Å². The van der Waals surface area contributed by atoms with Crippen LogP contribution in [0.2, 0.25) is 0 Å². The van der Waals surface area contributed by atoms with E-state index in [2.05, 4.69) is 10.3 Å². The van der Waals surface area contributed by atoms with Gasteiger partial charge in [0.2, 0.25) is 5.88 Å². The highest BCUT2D eigenvalue weighted by Crippen LogP contribution is 2.29. The lowest BCUT2D eigenvalue weighted by molar-refractivity contribution is 0.0693. The summed E-state index contributed by atoms with van der Waals surface area (Å²) in [6.07, 6.45) is 0. The Labute approximate surface area is 138 Å². The first-order valence-electron chi connectivity index (χ1n) is 7.01. The highest BCUT2D eigenvalue weighted by molar-refractivity contribution is 5.91. The predicted octanol–water partition coefficient (Wildman–Crippen LogP) is 2.38. The lowest BCUT2D eigenvalue weighted by Gasteiger charge is -2.12. The molecular formula is C16H16N4O4. The van der Waals surface area contributed by atoms with Crippen LogP contribution in [-0.4, -0.2) is 29.8 Å². The molecule has 1 aromatic heterocycles. The van der Waals surface area contributed by atoms with Crippen LogP contribution in [0.4, 0.5) is 17.2 Å². The molecule has 24 heavy (non-hydrogen) atoms. The van der Waals surface area contributed by atoms with Gasteiger partial charge in [0, 0.05) is 17.8 Å². The first-order chi connectivity index (χ1) is 11.5. The fraction of sp³-hybridized carbons (Fsp3) is 0.188. The van der Waals surface area contributed by atoms with Gasteiger partial charge in [-0.25, -0.2) is 4.79 Å². The van der Waals surface area contributed by atoms with E-state index in [4.69, 9.17) is 25.6 Å². The third kappa shape index (κ3) is 3.47. The quantitative estimate of drug-likeness (QED) is 0.736. The van der Waals surface area contributed by atoms with Crippen molar-refractivity contribution < 1.29 is 19.4 Å². The molecule has 0 aliphatic rings. The average molecular weight is 328 g/mol. The minimum atomic E-state index is -1.09. The van der Waals surface area contributed by atoms with E-state index < -0.39 is 5.97 Å². The molecule has 0 amide bonds. The SMILES string of the molecule is CCOc1nc(Nc2ccc(C(=O)O)c(OC)c2)cc(N)c1C#N. The van der Waals surface area contributed by atoms with Gasteiger partial charge < -0.3 is 25.6 Å². The highest BCUT2D eigenvalue weighted by atomic mass is 16.5. The number of carbonyl (C=O) groups is 1. The number of carboxylic acid groups (broad SMARTS) is 1. The third-order valence-corrected chi connectivity index (χ3v) is 3.11. The van der Waals surface area contributed by atoms with Crippen LogP contribution >= 0.6 is 0 Å². The molecule has 8 nitrogen and oxygen atoms in total. The maximum absolute atomic E-state index is 11.1. The van der Waals surface area contributed by atoms with E-state index in [-0.39, 0.29) is 28.4 Å². The second-order valence-electron chi connectivity index (χ2n) is 4.67. The third-order valence-electron chi connectivity index (χ3n) is 3.11. The van der Waals surface area contributed by atoms with Crippen molar-refractivity contribution in [3.05, 3.63) is 35.4 Å². The van der Waals surface area contributed by atoms with Crippen molar-refractivity contribution in [2.45, 2.75) is 6.92 Å². The molecule has 1 heterocycles. The van der Waals surface area contributed by atoms with Crippen LogP contribution in [0.15, 0.2) is 24.3 Å². The number of hydrogen-bond donors (Lipinski definition) is 3. The number of nitrogens with zero attached hydrogens (tertiary/aromatic N) is 2. The molecule has 4 N–H and O–H groups in total. The van der Waals surface area contributed by atoms with Crippen molar-refractivity contribution in [2.24, 2.45) is 0 Å². The number of nitrogen functional groups attached to an aromatic ring is 1. The summed E-state index contributed by atoms with van der Waals surface area (Å²) in [4.78, 5) is 15.3. The lowest BCUT2D eigenvalue weighted by atomic mass is 10.1. The van der Waals surface area contributed by atoms with E-state index >= 15 is 0 Å². The average Bonchev–Trinajstić information content (AvgIpc) is 2.54. The lowest BCUT2D eigenvalue weighted by Crippen LogP contribution is -2.05. The summed E-state index contributed by atoms with van der Waals surface area (Å²) in [5.74, 6) is -0.381. The summed E-state index contributed by atoms with van der Waals surface area (Å²) >= 11 is 0. The van der Waals surface area contributed by atoms with E-state index in [0.29, 0.717) is 18.1 Å². The van der Waals surface area contributed by atoms with Crippen LogP contribution in [0.25, 0.3) is 0 Å². The first kappa shape index (κ1) is 16.9. The monoisotopic (exact) mass is 328 g/mol. The van der Waals surface area contributed by atoms with Crippen LogP contribution < -0.4 is 20.5 Å². The zero-order chi connectivity index (χ0) is 17.7. The van der Waals surface area contributed by atoms with Gasteiger partial charge in [-0.3, -0.25) is 0 Å². The van der Waals surface area contributed by atoms with Crippen molar-refractivity contribution in [3.63, 3.8) is 0 Å². The van der Waals surface area contributed by atoms with Gasteiger partial charge in [-0.15, -0.1) is 0 Å². The number of pyridine rings is 1. The van der Waals surface area contributed by atoms with Gasteiger partial charge in [0.05, 0.1) is 19.4 Å². The Hall–Kier alpha value is -3.47. The normalized spacial score (nSPS) is 9.88. The predicted molar refractivity (Wildman–Crippen MR) is 87.8 cm³/mol. The molecular weight excluding hydrogens is 312 g/mol. The summed E-state index contributed by atoms with van der Waals surface area (Å²) in [6, 6.07) is 7.97. The van der Waals surface area contributed by atoms with Crippen molar-refractivity contribution in [1.82, 2.24) is 4.98 Å². The molecule has 0 atom stereocenters. The van der Waals surface area contributed by atoms with E-state index in [9.17, 15) is 4.79 Å². The van der Waals surface area contributed by atoms with Crippen molar-refractivity contribution in [3.8, 4) is 17.7 Å². The maximum Gasteiger partial charge on any atom is 0.339 e. The molecule has 0 spiro atoms. The first-order valence-corrected chi connectivity index (χ1v) is 7.01. The van der Waals surface area contributed by atoms with Gasteiger partial charge in [-0.1, -0.05) is 0 Å². The number of aromatic carboxylic acids is 1. The minimum Gasteiger partial charge on any atom is -0.496 e. The van der Waals surface area contributed by atoms with E-state index in [1.54, 1.807) is 13.0 Å². The Bertz CT molecular complexity index is 814. The Kier molecular flexibility index (Phi) is 5.06. The standard InChI is InChI=1S/C16H16N4O4/c1-3-24-15-11(8-17)12(18)7-14(20-15)19-9-4-5-10(16(21)22)13(6-9)23-2/h4-7H,3H2,1-2H3,(H,21,22)(H3,18,19,20). The van der Waals surface area contributed by atoms with Gasteiger partial charge in [0.1, 0.15) is 28.8 Å². The van der Waals surface area contributed by atoms with Gasteiger partial charge in [0.15, 0.2) is 0 Å². The second kappa shape index (κ2) is 7.19. The fourth-order valence-electron chi connectivity index (χ4n) is 2.05. The molecule has 124 valence electrons. The van der Waals surface area contributed by atoms with Gasteiger partial charge in [-0.05, 0) is 19.1 Å². The van der Waals surface area contributed by atoms with E-state index in [0.717, 1.165) is 0 Å². The van der Waals surface area contributed by atoms with Crippen LogP contribution in [0.5, 0.6) is 11.6 Å². The zero-order valence-corrected chi connectivity index (χ0v) is 13.2. The molecule has 2 rings (SSSR count). The van der Waals surface area contributed by atoms with Crippen LogP contribution in [0.1, 0.15) is 22.8 Å². The molecule has 8 heteroatoms. The highest BCUT2D eigenvalue weighted by Gasteiger charge is 2.14. The molecule has 0 unspecified atom stereocenters. The molecule has 0 aliphatic carbocycles. The van der Waals surface area contributed by atoms with Crippen molar-refractivity contribution in [1.29, 1.82) is 5.26 Å². The second-order valence-corrected chi connectivity index (χ2v) is 4.67. The summed E-state index contributed by atoms with van der Waals surface area (Å²) in [5.41, 5.74) is 6.85. The summed E-state index contributed by atoms with van der Waals surface area (Å²) in [6.45, 7) is 2.11. The summed E-state index contributed by atoms with van der Waals surface area (Å²) < 4.78 is 10.4. The Balaban J connectivity index is 2.38. The number of ether oxygens (including phenoxy) is 2. The number of aromatic nitrogens is 1. The molecule has 0 aliphatic heterocycles. The number of nitriles is 1. The fourth-order valence-corrected chi connectivity index (χ4v) is 2.05. The number of benzene rings is 1. The number of anilines is 3. The summed E-state index contributed by atoms with van der Waals surface area (Å²) in [7, 11) is 1.39. The number of nitrogens with two attached hydrogens (primary N) is 1. The number of nitrogens with one attached hydrogen (secondary N) is 1. The van der Waals surface area contributed by atoms with Crippen LogP contribution in [-0.2, 0) is 0 Å². The van der Waals surface area contributed by atoms with Crippen molar-refractivity contribution >= 4 is 23.2 Å². The van der Waals surface area contributed by atoms with Gasteiger partial charge in [-0.2, -0.15) is 10.2 Å². The van der Waals surface area contributed by atoms with Gasteiger partial charge >= 0.3 is 5.97 Å². The molecule has 0 saturated heterocycles. The Morgan fingerprint density at radius 3 is 2.79 bits per heavy atom. The molecule has 2 aromatic rings. The smallest absolute Gasteiger partial charge is 0.339 e. The molecule has 1 aromatic carbocycles. The number of hydrogen-bond acceptors (Lipinski definition) is 7. The zero-order valence-electron chi connectivity index (χ0n) is 13.2.